The number of fused-ring (bicyclic) bond motifs is 1. The van der Waals surface area contributed by atoms with Gasteiger partial charge in [0.1, 0.15) is 48.5 Å². The number of carbonyl (C=O) groups is 4. The largest absolute Gasteiger partial charge is 0.481 e. The number of thioether (sulfide) groups is 1. The minimum absolute atomic E-state index is 0.0251. The molecule has 59 heavy (non-hydrogen) atoms. The molecule has 2 aromatic heterocycles. The number of aliphatic hydroxyl groups excluding tert-OH is 4. The van der Waals surface area contributed by atoms with Gasteiger partial charge in [-0.15, -0.1) is 0 Å². The van der Waals surface area contributed by atoms with Gasteiger partial charge in [0, 0.05) is 30.7 Å². The van der Waals surface area contributed by atoms with Crippen LogP contribution >= 0.6 is 35.2 Å². The number of carbonyl (C=O) groups excluding carboxylic acids is 3. The van der Waals surface area contributed by atoms with Crippen LogP contribution < -0.4 is 16.4 Å². The Morgan fingerprint density at radius 3 is 2.17 bits per heavy atom. The van der Waals surface area contributed by atoms with Crippen LogP contribution in [-0.2, 0) is 55.5 Å². The summed E-state index contributed by atoms with van der Waals surface area (Å²) >= 11 is 0.828. The first-order valence-corrected chi connectivity index (χ1v) is 22.2. The van der Waals surface area contributed by atoms with Crippen LogP contribution in [0.15, 0.2) is 12.7 Å². The number of carboxylic acid groups (broad SMARTS) is 1. The maximum absolute atomic E-state index is 12.6. The molecule has 336 valence electrons. The Labute approximate surface area is 338 Å². The van der Waals surface area contributed by atoms with Crippen LogP contribution in [0.5, 0.6) is 0 Å². The van der Waals surface area contributed by atoms with Crippen molar-refractivity contribution in [1.29, 1.82) is 0 Å². The standard InChI is InChI=1S/C24H40N7O18P3S.C3H6O3/c1-12(32)23(37)53-7-6-26-14(33)4-5-27-21(36)18(35)24(2,3)9-46-52(43,44)49-51(41,42)45-8-13-17(48-50(38,39)40)16(34)22(47-13)31-11-30-15-19(25)28-10-29-20(15)31;1-2(4)3(5)6/h10-13,16-18,22,32,34-35H,4-9H2,1-3H3,(H,26,33)(H,27,36)(H,41,42)(H,43,44)(H2,25,28,29)(H2,38,39,40);2,4H,1H3,(H,5,6)/t12?,13-,16-,17-,18+,22-;/m1./s1. The lowest BCUT2D eigenvalue weighted by Gasteiger charge is -2.30. The van der Waals surface area contributed by atoms with Gasteiger partial charge in [-0.1, -0.05) is 25.6 Å². The number of hydrogen-bond acceptors (Lipinski definition) is 21. The minimum atomic E-state index is -5.57. The van der Waals surface area contributed by atoms with E-state index in [0.717, 1.165) is 29.0 Å². The number of carboxylic acids is 1. The van der Waals surface area contributed by atoms with Crippen molar-refractivity contribution in [2.24, 2.45) is 5.41 Å². The minimum Gasteiger partial charge on any atom is -0.479 e. The van der Waals surface area contributed by atoms with Gasteiger partial charge in [0.2, 0.25) is 16.9 Å². The number of imidazole rings is 1. The van der Waals surface area contributed by atoms with Crippen LogP contribution in [0.2, 0.25) is 0 Å². The van der Waals surface area contributed by atoms with Crippen molar-refractivity contribution < 1.29 is 101 Å². The number of rotatable bonds is 21. The van der Waals surface area contributed by atoms with E-state index in [2.05, 4.69) is 34.4 Å². The molecule has 0 bridgehead atoms. The van der Waals surface area contributed by atoms with Crippen LogP contribution in [0.25, 0.3) is 11.2 Å². The molecular weight excluding hydrogens is 883 g/mol. The van der Waals surface area contributed by atoms with Gasteiger partial charge in [0.05, 0.1) is 19.5 Å². The van der Waals surface area contributed by atoms with Crippen molar-refractivity contribution in [1.82, 2.24) is 30.2 Å². The highest BCUT2D eigenvalue weighted by atomic mass is 32.2. The second kappa shape index (κ2) is 22.2. The quantitative estimate of drug-likeness (QED) is 0.0455. The van der Waals surface area contributed by atoms with E-state index in [1.54, 1.807) is 0 Å². The average molecular weight is 930 g/mol. The van der Waals surface area contributed by atoms with Gasteiger partial charge >= 0.3 is 29.4 Å². The van der Waals surface area contributed by atoms with Crippen LogP contribution in [0.1, 0.15) is 40.3 Å². The van der Waals surface area contributed by atoms with Crippen molar-refractivity contribution in [3.8, 4) is 0 Å². The molecule has 9 atom stereocenters. The van der Waals surface area contributed by atoms with Crippen molar-refractivity contribution in [3.05, 3.63) is 12.7 Å². The third kappa shape index (κ3) is 17.1. The monoisotopic (exact) mass is 929 g/mol. The fraction of sp³-hybridized carbons (Fsp3) is 0.667. The topological polar surface area (TPSA) is 441 Å². The smallest absolute Gasteiger partial charge is 0.479 e. The maximum Gasteiger partial charge on any atom is 0.481 e. The van der Waals surface area contributed by atoms with Crippen LogP contribution in [-0.4, -0.2) is 156 Å². The molecule has 3 rings (SSSR count). The van der Waals surface area contributed by atoms with Gasteiger partial charge in [-0.3, -0.25) is 32.5 Å². The molecule has 13 N–H and O–H groups in total. The van der Waals surface area contributed by atoms with E-state index in [0.29, 0.717) is 0 Å². The summed E-state index contributed by atoms with van der Waals surface area (Å²) in [6.45, 7) is 2.81. The Bertz CT molecular complexity index is 1920. The lowest BCUT2D eigenvalue weighted by molar-refractivity contribution is -0.145. The molecule has 1 fully saturated rings. The molecular formula is C27H46N7O21P3S. The fourth-order valence-corrected chi connectivity index (χ4v) is 7.88. The van der Waals surface area contributed by atoms with E-state index in [4.69, 9.17) is 34.8 Å². The number of ether oxygens (including phenoxy) is 1. The zero-order valence-electron chi connectivity index (χ0n) is 31.5. The number of aliphatic carboxylic acids is 1. The molecule has 3 heterocycles. The second-order valence-corrected chi connectivity index (χ2v) is 18.3. The Morgan fingerprint density at radius 1 is 0.983 bits per heavy atom. The molecule has 0 spiro atoms. The Hall–Kier alpha value is -3.05. The molecule has 2 aromatic rings. The third-order valence-corrected chi connectivity index (χ3v) is 11.6. The van der Waals surface area contributed by atoms with Crippen molar-refractivity contribution in [2.45, 2.75) is 77.0 Å². The van der Waals surface area contributed by atoms with E-state index in [1.807, 2.05) is 0 Å². The average Bonchev–Trinajstić information content (AvgIpc) is 3.68. The molecule has 28 nitrogen and oxygen atoms in total. The molecule has 4 unspecified atom stereocenters. The third-order valence-electron chi connectivity index (χ3n) is 7.44. The number of amides is 2. The Kier molecular flexibility index (Phi) is 19.6. The van der Waals surface area contributed by atoms with Crippen LogP contribution in [0.4, 0.5) is 5.82 Å². The summed E-state index contributed by atoms with van der Waals surface area (Å²) in [5, 5.41) is 50.6. The van der Waals surface area contributed by atoms with E-state index in [1.165, 1.54) is 27.7 Å². The Balaban J connectivity index is 0.00000185. The zero-order chi connectivity index (χ0) is 45.1. The number of hydrogen-bond donors (Lipinski definition) is 12. The SMILES string of the molecule is CC(O)C(=O)O.CC(O)C(=O)SCCNC(=O)CCNC(=O)[C@H](O)C(C)(C)COP(=O)(O)OP(=O)(O)OC[C@H]1O[C@@H](n2cnc3c(N)ncnc32)[C@H](O)[C@@H]1OP(=O)(O)O. The molecule has 1 aliphatic heterocycles. The first-order valence-electron chi connectivity index (χ1n) is 16.7. The molecule has 0 radical (unpaired) electrons. The molecule has 2 amide bonds. The number of nitrogens with two attached hydrogens (primary N) is 1. The molecule has 1 saturated heterocycles. The van der Waals surface area contributed by atoms with E-state index in [-0.39, 0.29) is 42.2 Å². The van der Waals surface area contributed by atoms with E-state index in [9.17, 15) is 62.7 Å². The lowest BCUT2D eigenvalue weighted by atomic mass is 9.87. The summed E-state index contributed by atoms with van der Waals surface area (Å²) in [5.41, 5.74) is 4.23. The van der Waals surface area contributed by atoms with Gasteiger partial charge < -0.3 is 66.2 Å². The maximum atomic E-state index is 12.6. The van der Waals surface area contributed by atoms with Crippen molar-refractivity contribution in [3.63, 3.8) is 0 Å². The number of nitrogen functional groups attached to an aromatic ring is 1. The first-order chi connectivity index (χ1) is 27.1. The van der Waals surface area contributed by atoms with Gasteiger partial charge in [-0.25, -0.2) is 33.4 Å². The number of nitrogens with zero attached hydrogens (tertiary/aromatic N) is 4. The fourth-order valence-electron chi connectivity index (χ4n) is 4.40. The molecule has 0 saturated carbocycles. The number of aliphatic hydroxyl groups is 4. The molecule has 0 aliphatic carbocycles. The second-order valence-electron chi connectivity index (χ2n) is 12.9. The highest BCUT2D eigenvalue weighted by Crippen LogP contribution is 2.61. The molecule has 1 aliphatic rings. The summed E-state index contributed by atoms with van der Waals surface area (Å²) in [6.07, 6.45) is -9.38. The summed E-state index contributed by atoms with van der Waals surface area (Å²) in [6, 6.07) is 0. The normalized spacial score (nSPS) is 21.9. The number of nitrogens with one attached hydrogen (secondary N) is 2. The summed E-state index contributed by atoms with van der Waals surface area (Å²) in [5.74, 6) is -2.52. The number of phosphoric ester groups is 3. The summed E-state index contributed by atoms with van der Waals surface area (Å²) < 4.78 is 61.9. The summed E-state index contributed by atoms with van der Waals surface area (Å²) in [4.78, 5) is 96.0. The predicted octanol–water partition coefficient (Wildman–Crippen LogP) is -2.50. The highest BCUT2D eigenvalue weighted by Gasteiger charge is 2.50. The summed E-state index contributed by atoms with van der Waals surface area (Å²) in [7, 11) is -16.4. The van der Waals surface area contributed by atoms with Gasteiger partial charge in [0.15, 0.2) is 17.7 Å². The number of phosphoric acid groups is 3. The van der Waals surface area contributed by atoms with Crippen molar-refractivity contribution in [2.75, 3.05) is 37.8 Å². The van der Waals surface area contributed by atoms with Crippen molar-refractivity contribution >= 4 is 75.1 Å². The van der Waals surface area contributed by atoms with E-state index >= 15 is 0 Å². The van der Waals surface area contributed by atoms with Crippen LogP contribution in [0.3, 0.4) is 0 Å². The lowest BCUT2D eigenvalue weighted by Crippen LogP contribution is -2.46. The molecule has 32 heteroatoms. The van der Waals surface area contributed by atoms with Crippen LogP contribution in [0, 0.1) is 5.41 Å². The zero-order valence-corrected chi connectivity index (χ0v) is 35.0. The van der Waals surface area contributed by atoms with Gasteiger partial charge in [-0.05, 0) is 13.8 Å². The molecule has 0 aromatic carbocycles. The first kappa shape index (κ1) is 52.1. The number of aromatic nitrogens is 4. The van der Waals surface area contributed by atoms with Gasteiger partial charge in [0.25, 0.3) is 0 Å². The predicted molar refractivity (Wildman–Crippen MR) is 198 cm³/mol. The van der Waals surface area contributed by atoms with Gasteiger partial charge in [-0.2, -0.15) is 4.31 Å². The number of anilines is 1. The Morgan fingerprint density at radius 2 is 1.59 bits per heavy atom. The highest BCUT2D eigenvalue weighted by molar-refractivity contribution is 8.13. The van der Waals surface area contributed by atoms with E-state index < -0.39 is 108 Å².